The van der Waals surface area contributed by atoms with Crippen LogP contribution in [0.5, 0.6) is 11.5 Å². The molecule has 10 heteroatoms. The molecule has 2 aromatic carbocycles. The number of hydrogen-bond acceptors (Lipinski definition) is 10. The smallest absolute Gasteiger partial charge is 0.225 e. The van der Waals surface area contributed by atoms with Crippen molar-refractivity contribution in [2.75, 3.05) is 31.5 Å². The number of methoxy groups -OCH3 is 2. The van der Waals surface area contributed by atoms with Crippen LogP contribution < -0.4 is 20.1 Å². The maximum atomic E-state index is 10.3. The third-order valence-corrected chi connectivity index (χ3v) is 7.75. The molecule has 1 aliphatic rings. The molecule has 3 atom stereocenters. The van der Waals surface area contributed by atoms with Crippen molar-refractivity contribution in [3.63, 3.8) is 0 Å². The van der Waals surface area contributed by atoms with E-state index in [0.717, 1.165) is 32.0 Å². The van der Waals surface area contributed by atoms with E-state index < -0.39 is 6.10 Å². The van der Waals surface area contributed by atoms with Crippen LogP contribution in [-0.2, 0) is 6.54 Å². The Morgan fingerprint density at radius 1 is 1.03 bits per heavy atom. The maximum absolute atomic E-state index is 10.3. The maximum Gasteiger partial charge on any atom is 0.225 e. The molecule has 4 aromatic rings. The Morgan fingerprint density at radius 2 is 1.78 bits per heavy atom. The number of thiazole rings is 1. The minimum atomic E-state index is -0.544. The Kier molecular flexibility index (Phi) is 7.40. The van der Waals surface area contributed by atoms with Crippen LogP contribution in [0.3, 0.4) is 0 Å². The summed E-state index contributed by atoms with van der Waals surface area (Å²) in [6.45, 7) is 2.39. The SMILES string of the molecule is COc1cc(CNc2nc(C)c(-c3nc4ccccc4s3)c(N[C@@H]3C[C@H](CO)[C@@H](O)C3)n2)cc(OC)c1. The van der Waals surface area contributed by atoms with Gasteiger partial charge in [-0.2, -0.15) is 4.98 Å². The molecule has 1 saturated carbocycles. The molecule has 2 heterocycles. The largest absolute Gasteiger partial charge is 0.497 e. The van der Waals surface area contributed by atoms with Gasteiger partial charge in [0, 0.05) is 31.2 Å². The van der Waals surface area contributed by atoms with Gasteiger partial charge in [-0.1, -0.05) is 12.1 Å². The number of anilines is 2. The Bertz CT molecular complexity index is 1340. The fourth-order valence-corrected chi connectivity index (χ4v) is 5.81. The monoisotopic (exact) mass is 521 g/mol. The molecule has 1 aliphatic carbocycles. The molecule has 1 fully saturated rings. The van der Waals surface area contributed by atoms with E-state index in [1.54, 1.807) is 25.6 Å². The number of nitrogens with one attached hydrogen (secondary N) is 2. The van der Waals surface area contributed by atoms with Crippen molar-refractivity contribution in [3.05, 3.63) is 53.7 Å². The molecule has 0 amide bonds. The quantitative estimate of drug-likeness (QED) is 0.256. The fraction of sp³-hybridized carbons (Fsp3) is 0.370. The van der Waals surface area contributed by atoms with Crippen molar-refractivity contribution < 1.29 is 19.7 Å². The van der Waals surface area contributed by atoms with Crippen LogP contribution in [0.2, 0.25) is 0 Å². The number of benzene rings is 2. The molecular weight excluding hydrogens is 490 g/mol. The standard InChI is InChI=1S/C27H31N5O4S/c1-15-24(26-31-21-6-4-5-7-23(21)37-26)25(30-18-10-17(14-33)22(34)11-18)32-27(29-15)28-13-16-8-19(35-2)12-20(9-16)36-3/h4-9,12,17-18,22,33-34H,10-11,13-14H2,1-3H3,(H2,28,29,30,32)/t17-,18-,22+/m1/s1. The molecule has 37 heavy (non-hydrogen) atoms. The second kappa shape index (κ2) is 10.9. The Balaban J connectivity index is 1.47. The van der Waals surface area contributed by atoms with Crippen molar-refractivity contribution in [2.45, 2.75) is 38.5 Å². The van der Waals surface area contributed by atoms with Crippen LogP contribution in [0.15, 0.2) is 42.5 Å². The lowest BCUT2D eigenvalue weighted by Crippen LogP contribution is -2.19. The van der Waals surface area contributed by atoms with E-state index in [-0.39, 0.29) is 18.6 Å². The molecular formula is C27H31N5O4S. The third kappa shape index (κ3) is 5.46. The van der Waals surface area contributed by atoms with Crippen molar-refractivity contribution in [3.8, 4) is 22.1 Å². The summed E-state index contributed by atoms with van der Waals surface area (Å²) in [5.74, 6) is 2.41. The Labute approximate surface area is 219 Å². The second-order valence-corrected chi connectivity index (χ2v) is 10.3. The number of aryl methyl sites for hydroxylation is 1. The number of fused-ring (bicyclic) bond motifs is 1. The second-order valence-electron chi connectivity index (χ2n) is 9.24. The highest BCUT2D eigenvalue weighted by Gasteiger charge is 2.33. The highest BCUT2D eigenvalue weighted by atomic mass is 32.1. The lowest BCUT2D eigenvalue weighted by Gasteiger charge is -2.18. The number of aliphatic hydroxyl groups excluding tert-OH is 2. The molecule has 0 radical (unpaired) electrons. The summed E-state index contributed by atoms with van der Waals surface area (Å²) in [5, 5.41) is 27.7. The van der Waals surface area contributed by atoms with Crippen LogP contribution in [0, 0.1) is 12.8 Å². The van der Waals surface area contributed by atoms with Gasteiger partial charge in [-0.05, 0) is 49.6 Å². The molecule has 4 N–H and O–H groups in total. The van der Waals surface area contributed by atoms with E-state index in [0.29, 0.717) is 42.7 Å². The normalized spacial score (nSPS) is 19.2. The number of rotatable bonds is 9. The zero-order valence-electron chi connectivity index (χ0n) is 21.1. The number of hydrogen-bond donors (Lipinski definition) is 4. The first-order valence-electron chi connectivity index (χ1n) is 12.2. The number of nitrogens with zero attached hydrogens (tertiary/aromatic N) is 3. The van der Waals surface area contributed by atoms with Gasteiger partial charge >= 0.3 is 0 Å². The van der Waals surface area contributed by atoms with Crippen LogP contribution in [-0.4, -0.2) is 58.1 Å². The minimum absolute atomic E-state index is 0.0231. The van der Waals surface area contributed by atoms with Gasteiger partial charge < -0.3 is 30.3 Å². The first-order valence-corrected chi connectivity index (χ1v) is 13.0. The van der Waals surface area contributed by atoms with Crippen LogP contribution in [0.25, 0.3) is 20.8 Å². The first kappa shape index (κ1) is 25.2. The number of aliphatic hydroxyl groups is 2. The van der Waals surface area contributed by atoms with E-state index in [1.165, 1.54) is 0 Å². The van der Waals surface area contributed by atoms with Crippen molar-refractivity contribution in [1.82, 2.24) is 15.0 Å². The summed E-state index contributed by atoms with van der Waals surface area (Å²) in [7, 11) is 3.25. The summed E-state index contributed by atoms with van der Waals surface area (Å²) in [6.07, 6.45) is 0.656. The first-order chi connectivity index (χ1) is 18.0. The van der Waals surface area contributed by atoms with Gasteiger partial charge in [0.1, 0.15) is 22.3 Å². The summed E-state index contributed by atoms with van der Waals surface area (Å²) < 4.78 is 11.9. The molecule has 0 unspecified atom stereocenters. The van der Waals surface area contributed by atoms with Crippen LogP contribution >= 0.6 is 11.3 Å². The number of aromatic nitrogens is 3. The van der Waals surface area contributed by atoms with E-state index in [9.17, 15) is 10.2 Å². The Hall–Kier alpha value is -3.47. The molecule has 0 spiro atoms. The van der Waals surface area contributed by atoms with Gasteiger partial charge in [0.05, 0.1) is 41.8 Å². The van der Waals surface area contributed by atoms with Gasteiger partial charge in [0.15, 0.2) is 0 Å². The average molecular weight is 522 g/mol. The van der Waals surface area contributed by atoms with Crippen molar-refractivity contribution in [1.29, 1.82) is 0 Å². The van der Waals surface area contributed by atoms with Crippen LogP contribution in [0.1, 0.15) is 24.1 Å². The van der Waals surface area contributed by atoms with Crippen molar-refractivity contribution in [2.24, 2.45) is 5.92 Å². The lowest BCUT2D eigenvalue weighted by atomic mass is 10.1. The van der Waals surface area contributed by atoms with Gasteiger partial charge in [0.25, 0.3) is 0 Å². The van der Waals surface area contributed by atoms with Gasteiger partial charge in [-0.25, -0.2) is 9.97 Å². The summed E-state index contributed by atoms with van der Waals surface area (Å²) >= 11 is 1.60. The van der Waals surface area contributed by atoms with E-state index in [2.05, 4.69) is 16.7 Å². The highest BCUT2D eigenvalue weighted by molar-refractivity contribution is 7.21. The zero-order valence-corrected chi connectivity index (χ0v) is 21.9. The van der Waals surface area contributed by atoms with E-state index in [1.807, 2.05) is 43.3 Å². The summed E-state index contributed by atoms with van der Waals surface area (Å²) in [6, 6.07) is 13.7. The number of ether oxygens (including phenoxy) is 2. The highest BCUT2D eigenvalue weighted by Crippen LogP contribution is 2.38. The zero-order chi connectivity index (χ0) is 25.9. The average Bonchev–Trinajstić information content (AvgIpc) is 3.49. The fourth-order valence-electron chi connectivity index (χ4n) is 4.75. The third-order valence-electron chi connectivity index (χ3n) is 6.69. The summed E-state index contributed by atoms with van der Waals surface area (Å²) in [5.41, 5.74) is 3.53. The van der Waals surface area contributed by atoms with Crippen LogP contribution in [0.4, 0.5) is 11.8 Å². The van der Waals surface area contributed by atoms with E-state index >= 15 is 0 Å². The van der Waals surface area contributed by atoms with Gasteiger partial charge in [-0.15, -0.1) is 11.3 Å². The molecule has 0 saturated heterocycles. The summed E-state index contributed by atoms with van der Waals surface area (Å²) in [4.78, 5) is 14.4. The molecule has 5 rings (SSSR count). The molecule has 2 aromatic heterocycles. The molecule has 0 bridgehead atoms. The topological polar surface area (TPSA) is 122 Å². The predicted octanol–water partition coefficient (Wildman–Crippen LogP) is 4.23. The van der Waals surface area contributed by atoms with Crippen molar-refractivity contribution >= 4 is 33.3 Å². The Morgan fingerprint density at radius 3 is 2.46 bits per heavy atom. The lowest BCUT2D eigenvalue weighted by molar-refractivity contribution is 0.0908. The minimum Gasteiger partial charge on any atom is -0.497 e. The molecule has 194 valence electrons. The molecule has 0 aliphatic heterocycles. The van der Waals surface area contributed by atoms with Gasteiger partial charge in [0.2, 0.25) is 5.95 Å². The van der Waals surface area contributed by atoms with E-state index in [4.69, 9.17) is 24.4 Å². The number of para-hydroxylation sites is 1. The predicted molar refractivity (Wildman–Crippen MR) is 145 cm³/mol. The van der Waals surface area contributed by atoms with Gasteiger partial charge in [-0.3, -0.25) is 0 Å². The molecule has 9 nitrogen and oxygen atoms in total.